The number of likely N-dealkylation sites (N-methyl/N-ethyl adjacent to an activating group) is 1. The van der Waals surface area contributed by atoms with E-state index in [2.05, 4.69) is 10.1 Å². The van der Waals surface area contributed by atoms with E-state index in [0.717, 1.165) is 12.8 Å². The molecule has 0 fully saturated rings. The topological polar surface area (TPSA) is 81.2 Å². The van der Waals surface area contributed by atoms with Gasteiger partial charge in [0.05, 0.1) is 0 Å². The summed E-state index contributed by atoms with van der Waals surface area (Å²) in [5, 5.41) is 4.05. The monoisotopic (exact) mass is 358 g/mol. The maximum absolute atomic E-state index is 13.1. The number of aromatic nitrogens is 3. The van der Waals surface area contributed by atoms with Crippen molar-refractivity contribution in [3.8, 4) is 11.3 Å². The second-order valence-corrected chi connectivity index (χ2v) is 6.06. The summed E-state index contributed by atoms with van der Waals surface area (Å²) in [6.07, 6.45) is 3.15. The van der Waals surface area contributed by atoms with Crippen LogP contribution in [-0.2, 0) is 11.3 Å². The first-order valence-electron chi connectivity index (χ1n) is 8.36. The van der Waals surface area contributed by atoms with Gasteiger partial charge in [0.2, 0.25) is 5.91 Å². The van der Waals surface area contributed by atoms with Gasteiger partial charge in [0.25, 0.3) is 11.3 Å². The molecule has 0 spiro atoms. The minimum atomic E-state index is -0.423. The molecule has 0 radical (unpaired) electrons. The molecule has 0 atom stereocenters. The Morgan fingerprint density at radius 1 is 1.31 bits per heavy atom. The van der Waals surface area contributed by atoms with E-state index in [1.807, 2.05) is 6.92 Å². The van der Waals surface area contributed by atoms with Gasteiger partial charge in [-0.3, -0.25) is 14.2 Å². The van der Waals surface area contributed by atoms with Crippen LogP contribution >= 0.6 is 0 Å². The van der Waals surface area contributed by atoms with E-state index in [0.29, 0.717) is 12.1 Å². The Labute approximate surface area is 149 Å². The first-order valence-corrected chi connectivity index (χ1v) is 8.36. The highest BCUT2D eigenvalue weighted by Gasteiger charge is 2.18. The van der Waals surface area contributed by atoms with Gasteiger partial charge in [-0.1, -0.05) is 18.5 Å². The van der Waals surface area contributed by atoms with Gasteiger partial charge in [-0.15, -0.1) is 0 Å². The fraction of sp³-hybridized carbons (Fsp3) is 0.333. The van der Waals surface area contributed by atoms with Crippen molar-refractivity contribution in [1.29, 1.82) is 0 Å². The molecule has 0 saturated carbocycles. The first kappa shape index (κ1) is 17.8. The molecule has 2 aromatic heterocycles. The largest absolute Gasteiger partial charge is 0.344 e. The Balaban J connectivity index is 1.95. The van der Waals surface area contributed by atoms with Gasteiger partial charge in [-0.05, 0) is 30.7 Å². The molecule has 1 amide bonds. The molecule has 136 valence electrons. The van der Waals surface area contributed by atoms with Crippen molar-refractivity contribution in [2.24, 2.45) is 0 Å². The number of fused-ring (bicyclic) bond motifs is 1. The molecule has 1 aromatic carbocycles. The normalized spacial score (nSPS) is 11.0. The predicted octanol–water partition coefficient (Wildman–Crippen LogP) is 2.45. The van der Waals surface area contributed by atoms with Crippen molar-refractivity contribution in [1.82, 2.24) is 19.6 Å². The fourth-order valence-electron chi connectivity index (χ4n) is 2.58. The number of unbranched alkanes of at least 4 members (excludes halogenated alkanes) is 1. The zero-order chi connectivity index (χ0) is 18.7. The molecule has 0 saturated heterocycles. The number of hydrogen-bond donors (Lipinski definition) is 0. The number of nitrogens with zero attached hydrogens (tertiary/aromatic N) is 4. The van der Waals surface area contributed by atoms with Crippen LogP contribution in [0, 0.1) is 5.82 Å². The minimum Gasteiger partial charge on any atom is -0.344 e. The van der Waals surface area contributed by atoms with Crippen molar-refractivity contribution in [2.45, 2.75) is 26.3 Å². The number of carbonyl (C=O) groups excluding carboxylic acids is 1. The lowest BCUT2D eigenvalue weighted by Crippen LogP contribution is -2.34. The van der Waals surface area contributed by atoms with Gasteiger partial charge in [0.1, 0.15) is 29.8 Å². The lowest BCUT2D eigenvalue weighted by atomic mass is 10.1. The summed E-state index contributed by atoms with van der Waals surface area (Å²) in [5.74, 6) is -0.570. The Kier molecular flexibility index (Phi) is 5.11. The van der Waals surface area contributed by atoms with E-state index in [1.54, 1.807) is 11.9 Å². The number of benzene rings is 1. The van der Waals surface area contributed by atoms with Crippen molar-refractivity contribution in [3.63, 3.8) is 0 Å². The van der Waals surface area contributed by atoms with Gasteiger partial charge in [0.15, 0.2) is 0 Å². The van der Waals surface area contributed by atoms with E-state index < -0.39 is 11.4 Å². The van der Waals surface area contributed by atoms with E-state index in [9.17, 15) is 14.0 Å². The molecule has 0 N–H and O–H groups in total. The summed E-state index contributed by atoms with van der Waals surface area (Å²) in [4.78, 5) is 30.8. The van der Waals surface area contributed by atoms with Gasteiger partial charge in [0, 0.05) is 19.2 Å². The van der Waals surface area contributed by atoms with E-state index in [4.69, 9.17) is 4.52 Å². The van der Waals surface area contributed by atoms with Crippen LogP contribution in [0.3, 0.4) is 0 Å². The Morgan fingerprint density at radius 3 is 2.73 bits per heavy atom. The van der Waals surface area contributed by atoms with E-state index in [1.165, 1.54) is 35.2 Å². The molecular weight excluding hydrogens is 339 g/mol. The first-order chi connectivity index (χ1) is 12.5. The predicted molar refractivity (Wildman–Crippen MR) is 94.0 cm³/mol. The summed E-state index contributed by atoms with van der Waals surface area (Å²) < 4.78 is 19.5. The molecule has 26 heavy (non-hydrogen) atoms. The van der Waals surface area contributed by atoms with Gasteiger partial charge in [-0.25, -0.2) is 9.37 Å². The number of halogens is 1. The van der Waals surface area contributed by atoms with E-state index in [-0.39, 0.29) is 29.2 Å². The molecule has 0 aliphatic rings. The summed E-state index contributed by atoms with van der Waals surface area (Å²) in [5.41, 5.74) is 0.469. The third kappa shape index (κ3) is 3.49. The number of carbonyl (C=O) groups is 1. The number of rotatable bonds is 6. The quantitative estimate of drug-likeness (QED) is 0.676. The Bertz CT molecular complexity index is 978. The van der Waals surface area contributed by atoms with Crippen molar-refractivity contribution in [3.05, 3.63) is 46.8 Å². The highest BCUT2D eigenvalue weighted by molar-refractivity contribution is 5.88. The fourth-order valence-corrected chi connectivity index (χ4v) is 2.58. The zero-order valence-electron chi connectivity index (χ0n) is 14.6. The van der Waals surface area contributed by atoms with Crippen molar-refractivity contribution in [2.75, 3.05) is 13.6 Å². The lowest BCUT2D eigenvalue weighted by molar-refractivity contribution is -0.130. The molecule has 8 heteroatoms. The van der Waals surface area contributed by atoms with Crippen molar-refractivity contribution < 1.29 is 13.7 Å². The lowest BCUT2D eigenvalue weighted by Gasteiger charge is -2.17. The molecule has 7 nitrogen and oxygen atoms in total. The summed E-state index contributed by atoms with van der Waals surface area (Å²) in [6, 6.07) is 5.56. The third-order valence-corrected chi connectivity index (χ3v) is 4.16. The molecule has 3 rings (SSSR count). The number of hydrogen-bond acceptors (Lipinski definition) is 5. The van der Waals surface area contributed by atoms with Crippen LogP contribution in [0.2, 0.25) is 0 Å². The summed E-state index contributed by atoms with van der Waals surface area (Å²) >= 11 is 0. The molecule has 0 bridgehead atoms. The van der Waals surface area contributed by atoms with Gasteiger partial charge in [-0.2, -0.15) is 0 Å². The molecule has 2 heterocycles. The standard InChI is InChI=1S/C18H19FN4O3/c1-3-4-9-22(2)14(24)10-23-11-20-17-15(18(23)25)16(21-26-17)12-5-7-13(19)8-6-12/h5-8,11H,3-4,9-10H2,1-2H3. The second kappa shape index (κ2) is 7.47. The molecule has 0 aliphatic heterocycles. The second-order valence-electron chi connectivity index (χ2n) is 6.06. The highest BCUT2D eigenvalue weighted by Crippen LogP contribution is 2.24. The van der Waals surface area contributed by atoms with Crippen LogP contribution in [0.5, 0.6) is 0 Å². The van der Waals surface area contributed by atoms with Crippen LogP contribution in [0.1, 0.15) is 19.8 Å². The van der Waals surface area contributed by atoms with Crippen LogP contribution in [-0.4, -0.2) is 39.1 Å². The molecule has 0 unspecified atom stereocenters. The van der Waals surface area contributed by atoms with Gasteiger partial charge < -0.3 is 9.42 Å². The average molecular weight is 358 g/mol. The summed E-state index contributed by atoms with van der Waals surface area (Å²) in [7, 11) is 1.71. The van der Waals surface area contributed by atoms with Crippen molar-refractivity contribution >= 4 is 17.0 Å². The van der Waals surface area contributed by atoms with E-state index >= 15 is 0 Å². The number of amides is 1. The molecule has 0 aliphatic carbocycles. The smallest absolute Gasteiger partial charge is 0.267 e. The van der Waals surface area contributed by atoms with Gasteiger partial charge >= 0.3 is 0 Å². The van der Waals surface area contributed by atoms with Crippen LogP contribution < -0.4 is 5.56 Å². The maximum atomic E-state index is 13.1. The van der Waals surface area contributed by atoms with Crippen LogP contribution in [0.4, 0.5) is 4.39 Å². The Morgan fingerprint density at radius 2 is 2.04 bits per heavy atom. The molecule has 3 aromatic rings. The Hall–Kier alpha value is -3.03. The maximum Gasteiger partial charge on any atom is 0.267 e. The summed E-state index contributed by atoms with van der Waals surface area (Å²) in [6.45, 7) is 2.56. The average Bonchev–Trinajstić information content (AvgIpc) is 3.07. The zero-order valence-corrected chi connectivity index (χ0v) is 14.6. The SMILES string of the molecule is CCCCN(C)C(=O)Cn1cnc2onc(-c3ccc(F)cc3)c2c1=O. The van der Waals surface area contributed by atoms with Crippen LogP contribution in [0.25, 0.3) is 22.4 Å². The highest BCUT2D eigenvalue weighted by atomic mass is 19.1. The minimum absolute atomic E-state index is 0.0809. The van der Waals surface area contributed by atoms with Crippen LogP contribution in [0.15, 0.2) is 39.9 Å². The third-order valence-electron chi connectivity index (χ3n) is 4.16. The molecular formula is C18H19FN4O3.